The van der Waals surface area contributed by atoms with Crippen LogP contribution in [0.4, 0.5) is 0 Å². The van der Waals surface area contributed by atoms with Crippen LogP contribution >= 0.6 is 0 Å². The maximum Gasteiger partial charge on any atom is 0.145 e. The van der Waals surface area contributed by atoms with Crippen molar-refractivity contribution in [3.05, 3.63) is 119 Å². The minimum Gasteiger partial charge on any atom is -0.487 e. The molecule has 1 heterocycles. The molecular formula is C33H31N3O. The number of ether oxygens (including phenoxy) is 1. The Labute approximate surface area is 218 Å². The van der Waals surface area contributed by atoms with E-state index in [1.165, 1.54) is 5.56 Å². The smallest absolute Gasteiger partial charge is 0.145 e. The Morgan fingerprint density at radius 3 is 2.38 bits per heavy atom. The summed E-state index contributed by atoms with van der Waals surface area (Å²) in [4.78, 5) is 5.10. The van der Waals surface area contributed by atoms with Crippen molar-refractivity contribution in [3.8, 4) is 22.9 Å². The van der Waals surface area contributed by atoms with E-state index in [9.17, 15) is 5.26 Å². The minimum atomic E-state index is 0.515. The van der Waals surface area contributed by atoms with Gasteiger partial charge in [0.05, 0.1) is 17.1 Å². The first-order chi connectivity index (χ1) is 18.2. The molecular weight excluding hydrogens is 454 g/mol. The number of imidazole rings is 1. The highest BCUT2D eigenvalue weighted by molar-refractivity contribution is 5.86. The predicted octanol–water partition coefficient (Wildman–Crippen LogP) is 7.85. The summed E-state index contributed by atoms with van der Waals surface area (Å²) in [6.45, 7) is 5.55. The summed E-state index contributed by atoms with van der Waals surface area (Å²) in [5, 5.41) is 9.50. The molecule has 0 aliphatic carbocycles. The molecule has 4 nitrogen and oxygen atoms in total. The Morgan fingerprint density at radius 2 is 1.62 bits per heavy atom. The molecule has 0 saturated carbocycles. The standard InChI is InChI=1S/C33H31N3O/c1-3-4-14-31-35-32-24(2)15-20-30(37-23-26-10-6-5-7-11-26)33(32)36(31)22-25-16-18-27(19-17-25)29-13-9-8-12-28(29)21-34/h5-13,15-20H,3-4,14,22-23H2,1-2H3. The Kier molecular flexibility index (Phi) is 7.33. The maximum atomic E-state index is 9.50. The number of aryl methyl sites for hydroxylation is 2. The topological polar surface area (TPSA) is 50.8 Å². The van der Waals surface area contributed by atoms with Crippen molar-refractivity contribution in [3.63, 3.8) is 0 Å². The van der Waals surface area contributed by atoms with Gasteiger partial charge in [-0.2, -0.15) is 5.26 Å². The predicted molar refractivity (Wildman–Crippen MR) is 150 cm³/mol. The molecule has 1 aromatic heterocycles. The summed E-state index contributed by atoms with van der Waals surface area (Å²) in [6.07, 6.45) is 3.13. The van der Waals surface area contributed by atoms with Gasteiger partial charge in [-0.15, -0.1) is 0 Å². The fraction of sp³-hybridized carbons (Fsp3) is 0.212. The van der Waals surface area contributed by atoms with E-state index in [1.807, 2.05) is 42.5 Å². The summed E-state index contributed by atoms with van der Waals surface area (Å²) in [5.74, 6) is 1.95. The SMILES string of the molecule is CCCCc1nc2c(C)ccc(OCc3ccccc3)c2n1Cc1ccc(-c2ccccc2C#N)cc1. The number of nitriles is 1. The maximum absolute atomic E-state index is 9.50. The van der Waals surface area contributed by atoms with Crippen LogP contribution in [-0.4, -0.2) is 9.55 Å². The zero-order valence-corrected chi connectivity index (χ0v) is 21.4. The highest BCUT2D eigenvalue weighted by Crippen LogP contribution is 2.32. The third kappa shape index (κ3) is 5.27. The molecule has 37 heavy (non-hydrogen) atoms. The van der Waals surface area contributed by atoms with Gasteiger partial charge in [0.1, 0.15) is 23.7 Å². The van der Waals surface area contributed by atoms with Crippen molar-refractivity contribution in [2.75, 3.05) is 0 Å². The van der Waals surface area contributed by atoms with E-state index in [1.54, 1.807) is 0 Å². The molecule has 4 heteroatoms. The number of hydrogen-bond acceptors (Lipinski definition) is 3. The van der Waals surface area contributed by atoms with Crippen LogP contribution in [0.3, 0.4) is 0 Å². The van der Waals surface area contributed by atoms with Gasteiger partial charge in [0.2, 0.25) is 0 Å². The molecule has 184 valence electrons. The van der Waals surface area contributed by atoms with Gasteiger partial charge >= 0.3 is 0 Å². The number of aromatic nitrogens is 2. The van der Waals surface area contributed by atoms with Crippen LogP contribution in [0.5, 0.6) is 5.75 Å². The van der Waals surface area contributed by atoms with Crippen molar-refractivity contribution in [1.82, 2.24) is 9.55 Å². The first kappa shape index (κ1) is 24.3. The van der Waals surface area contributed by atoms with Crippen LogP contribution in [0.2, 0.25) is 0 Å². The zero-order chi connectivity index (χ0) is 25.6. The van der Waals surface area contributed by atoms with E-state index in [2.05, 4.69) is 73.0 Å². The lowest BCUT2D eigenvalue weighted by Crippen LogP contribution is -2.07. The fourth-order valence-corrected chi connectivity index (χ4v) is 4.73. The second kappa shape index (κ2) is 11.1. The molecule has 0 radical (unpaired) electrons. The molecule has 0 saturated heterocycles. The van der Waals surface area contributed by atoms with Crippen molar-refractivity contribution < 1.29 is 4.74 Å². The molecule has 0 N–H and O–H groups in total. The van der Waals surface area contributed by atoms with Gasteiger partial charge in [-0.05, 0) is 53.3 Å². The van der Waals surface area contributed by atoms with Gasteiger partial charge in [-0.25, -0.2) is 4.98 Å². The third-order valence-electron chi connectivity index (χ3n) is 6.78. The van der Waals surface area contributed by atoms with Crippen molar-refractivity contribution in [2.24, 2.45) is 0 Å². The molecule has 0 bridgehead atoms. The Balaban J connectivity index is 1.51. The zero-order valence-electron chi connectivity index (χ0n) is 21.4. The Morgan fingerprint density at radius 1 is 0.865 bits per heavy atom. The normalized spacial score (nSPS) is 10.9. The molecule has 0 amide bonds. The van der Waals surface area contributed by atoms with E-state index in [0.29, 0.717) is 18.7 Å². The highest BCUT2D eigenvalue weighted by Gasteiger charge is 2.17. The average molecular weight is 486 g/mol. The summed E-state index contributed by atoms with van der Waals surface area (Å²) >= 11 is 0. The largest absolute Gasteiger partial charge is 0.487 e. The molecule has 0 spiro atoms. The molecule has 0 unspecified atom stereocenters. The van der Waals surface area contributed by atoms with Gasteiger partial charge in [-0.3, -0.25) is 0 Å². The van der Waals surface area contributed by atoms with Crippen LogP contribution in [-0.2, 0) is 19.6 Å². The summed E-state index contributed by atoms with van der Waals surface area (Å²) in [5.41, 5.74) is 8.24. The minimum absolute atomic E-state index is 0.515. The number of benzene rings is 4. The van der Waals surface area contributed by atoms with Crippen molar-refractivity contribution in [1.29, 1.82) is 5.26 Å². The average Bonchev–Trinajstić information content (AvgIpc) is 3.31. The number of hydrogen-bond donors (Lipinski definition) is 0. The number of fused-ring (bicyclic) bond motifs is 1. The quantitative estimate of drug-likeness (QED) is 0.214. The van der Waals surface area contributed by atoms with Crippen LogP contribution < -0.4 is 4.74 Å². The molecule has 5 aromatic rings. The molecule has 0 atom stereocenters. The number of rotatable bonds is 9. The molecule has 5 rings (SSSR count). The molecule has 4 aromatic carbocycles. The van der Waals surface area contributed by atoms with Crippen LogP contribution in [0, 0.1) is 18.3 Å². The van der Waals surface area contributed by atoms with Gasteiger partial charge in [0.15, 0.2) is 0 Å². The highest BCUT2D eigenvalue weighted by atomic mass is 16.5. The fourth-order valence-electron chi connectivity index (χ4n) is 4.73. The monoisotopic (exact) mass is 485 g/mol. The number of unbranched alkanes of at least 4 members (excludes halogenated alkanes) is 1. The van der Waals surface area contributed by atoms with E-state index in [-0.39, 0.29) is 0 Å². The first-order valence-electron chi connectivity index (χ1n) is 12.9. The molecule has 0 aliphatic heterocycles. The summed E-state index contributed by atoms with van der Waals surface area (Å²) < 4.78 is 8.70. The Hall–Kier alpha value is -4.36. The van der Waals surface area contributed by atoms with E-state index in [0.717, 1.165) is 64.1 Å². The van der Waals surface area contributed by atoms with Crippen molar-refractivity contribution >= 4 is 11.0 Å². The lowest BCUT2D eigenvalue weighted by atomic mass is 9.99. The molecule has 0 fully saturated rings. The van der Waals surface area contributed by atoms with Gasteiger partial charge in [-0.1, -0.05) is 92.2 Å². The number of nitrogens with zero attached hydrogens (tertiary/aromatic N) is 3. The van der Waals surface area contributed by atoms with Crippen LogP contribution in [0.1, 0.15) is 47.8 Å². The van der Waals surface area contributed by atoms with Crippen LogP contribution in [0.15, 0.2) is 91.0 Å². The first-order valence-corrected chi connectivity index (χ1v) is 12.9. The third-order valence-corrected chi connectivity index (χ3v) is 6.78. The van der Waals surface area contributed by atoms with E-state index in [4.69, 9.17) is 9.72 Å². The van der Waals surface area contributed by atoms with E-state index < -0.39 is 0 Å². The second-order valence-corrected chi connectivity index (χ2v) is 9.42. The molecule has 0 aliphatic rings. The van der Waals surface area contributed by atoms with Gasteiger partial charge in [0, 0.05) is 13.0 Å². The van der Waals surface area contributed by atoms with Crippen LogP contribution in [0.25, 0.3) is 22.2 Å². The lowest BCUT2D eigenvalue weighted by Gasteiger charge is -2.14. The van der Waals surface area contributed by atoms with Gasteiger partial charge in [0.25, 0.3) is 0 Å². The van der Waals surface area contributed by atoms with E-state index >= 15 is 0 Å². The van der Waals surface area contributed by atoms with Gasteiger partial charge < -0.3 is 9.30 Å². The lowest BCUT2D eigenvalue weighted by molar-refractivity contribution is 0.308. The Bertz CT molecular complexity index is 1540. The summed E-state index contributed by atoms with van der Waals surface area (Å²) in [6, 6.07) is 33.0. The summed E-state index contributed by atoms with van der Waals surface area (Å²) in [7, 11) is 0. The van der Waals surface area contributed by atoms with Crippen molar-refractivity contribution in [2.45, 2.75) is 46.3 Å². The second-order valence-electron chi connectivity index (χ2n) is 9.42.